The predicted octanol–water partition coefficient (Wildman–Crippen LogP) is 5.57. The molecule has 0 aliphatic heterocycles. The van der Waals surface area contributed by atoms with E-state index in [1.807, 2.05) is 51.1 Å². The van der Waals surface area contributed by atoms with E-state index in [0.717, 1.165) is 32.2 Å². The van der Waals surface area contributed by atoms with Crippen molar-refractivity contribution in [3.63, 3.8) is 0 Å². The lowest BCUT2D eigenvalue weighted by atomic mass is 10.2. The average molecular weight is 429 g/mol. The smallest absolute Gasteiger partial charge is 0.272 e. The lowest BCUT2D eigenvalue weighted by Crippen LogP contribution is -2.30. The van der Waals surface area contributed by atoms with Crippen LogP contribution in [0.1, 0.15) is 31.6 Å². The summed E-state index contributed by atoms with van der Waals surface area (Å²) in [7, 11) is 0. The van der Waals surface area contributed by atoms with Crippen molar-refractivity contribution in [3.8, 4) is 0 Å². The summed E-state index contributed by atoms with van der Waals surface area (Å²) in [5.41, 5.74) is 3.38. The second kappa shape index (κ2) is 7.58. The number of thiazole rings is 2. The number of hydrogen-bond acceptors (Lipinski definition) is 6. The maximum Gasteiger partial charge on any atom is 0.272 e. The largest absolute Gasteiger partial charge is 0.277 e. The molecule has 0 atom stereocenters. The second-order valence-electron chi connectivity index (χ2n) is 6.43. The predicted molar refractivity (Wildman–Crippen MR) is 116 cm³/mol. The van der Waals surface area contributed by atoms with Gasteiger partial charge in [-0.25, -0.2) is 9.97 Å². The molecule has 0 radical (unpaired) electrons. The van der Waals surface area contributed by atoms with Gasteiger partial charge in [-0.05, 0) is 50.6 Å². The monoisotopic (exact) mass is 428 g/mol. The van der Waals surface area contributed by atoms with Gasteiger partial charge >= 0.3 is 0 Å². The Bertz CT molecular complexity index is 1170. The number of halogens is 1. The number of nitrogens with zero attached hydrogens (tertiary/aromatic N) is 4. The molecule has 0 unspecified atom stereocenters. The first-order valence-corrected chi connectivity index (χ1v) is 10.7. The molecule has 0 fully saturated rings. The number of carbonyl (C=O) groups excluding carboxylic acids is 1. The molecule has 0 aliphatic rings. The zero-order chi connectivity index (χ0) is 19.8. The maximum atomic E-state index is 13.4. The summed E-state index contributed by atoms with van der Waals surface area (Å²) in [4.78, 5) is 29.3. The van der Waals surface area contributed by atoms with E-state index in [1.54, 1.807) is 11.1 Å². The number of rotatable bonds is 4. The summed E-state index contributed by atoms with van der Waals surface area (Å²) < 4.78 is 0.955. The zero-order valence-electron chi connectivity index (χ0n) is 15.6. The average Bonchev–Trinajstić information content (AvgIpc) is 3.22. The van der Waals surface area contributed by atoms with E-state index >= 15 is 0 Å². The highest BCUT2D eigenvalue weighted by molar-refractivity contribution is 7.22. The molecule has 4 rings (SSSR count). The van der Waals surface area contributed by atoms with Gasteiger partial charge in [0.2, 0.25) is 0 Å². The van der Waals surface area contributed by atoms with Crippen LogP contribution in [0, 0.1) is 20.8 Å². The van der Waals surface area contributed by atoms with E-state index in [-0.39, 0.29) is 5.91 Å². The third kappa shape index (κ3) is 3.65. The van der Waals surface area contributed by atoms with Crippen molar-refractivity contribution in [1.29, 1.82) is 0 Å². The molecule has 28 heavy (non-hydrogen) atoms. The molecule has 142 valence electrons. The lowest BCUT2D eigenvalue weighted by molar-refractivity contribution is 0.0988. The lowest BCUT2D eigenvalue weighted by Gasteiger charge is -2.19. The molecule has 0 saturated heterocycles. The normalized spacial score (nSPS) is 11.1. The van der Waals surface area contributed by atoms with Gasteiger partial charge in [0.15, 0.2) is 5.13 Å². The summed E-state index contributed by atoms with van der Waals surface area (Å²) in [6.45, 7) is 6.07. The Morgan fingerprint density at radius 1 is 1.14 bits per heavy atom. The van der Waals surface area contributed by atoms with E-state index in [2.05, 4.69) is 9.97 Å². The molecule has 4 aromatic rings. The number of anilines is 1. The third-order valence-electron chi connectivity index (χ3n) is 4.26. The number of amides is 1. The number of aryl methyl sites for hydroxylation is 3. The molecule has 5 nitrogen and oxygen atoms in total. The van der Waals surface area contributed by atoms with Crippen molar-refractivity contribution in [2.45, 2.75) is 27.3 Å². The molecule has 0 N–H and O–H groups in total. The first-order valence-electron chi connectivity index (χ1n) is 8.65. The van der Waals surface area contributed by atoms with E-state index in [1.165, 1.54) is 22.7 Å². The van der Waals surface area contributed by atoms with Crippen molar-refractivity contribution in [3.05, 3.63) is 68.4 Å². The van der Waals surface area contributed by atoms with E-state index in [4.69, 9.17) is 16.6 Å². The van der Waals surface area contributed by atoms with Crippen LogP contribution in [0.25, 0.3) is 10.2 Å². The zero-order valence-corrected chi connectivity index (χ0v) is 18.0. The Kier molecular flexibility index (Phi) is 5.14. The second-order valence-corrected chi connectivity index (χ2v) is 9.07. The van der Waals surface area contributed by atoms with Crippen LogP contribution in [0.4, 0.5) is 5.13 Å². The van der Waals surface area contributed by atoms with Gasteiger partial charge in [-0.3, -0.25) is 14.7 Å². The summed E-state index contributed by atoms with van der Waals surface area (Å²) in [5.74, 6) is -0.114. The van der Waals surface area contributed by atoms with Crippen molar-refractivity contribution in [2.75, 3.05) is 4.90 Å². The summed E-state index contributed by atoms with van der Waals surface area (Å²) >= 11 is 9.06. The van der Waals surface area contributed by atoms with Gasteiger partial charge in [-0.15, -0.1) is 11.3 Å². The van der Waals surface area contributed by atoms with Gasteiger partial charge in [-0.1, -0.05) is 29.0 Å². The highest BCUT2D eigenvalue weighted by atomic mass is 35.5. The van der Waals surface area contributed by atoms with Crippen LogP contribution in [0.5, 0.6) is 0 Å². The molecule has 0 bridgehead atoms. The van der Waals surface area contributed by atoms with Gasteiger partial charge in [0, 0.05) is 11.2 Å². The molecular formula is C20H17ClN4OS2. The Labute approximate surface area is 175 Å². The minimum Gasteiger partial charge on any atom is -0.277 e. The summed E-state index contributed by atoms with van der Waals surface area (Å²) in [6, 6.07) is 9.44. The first-order chi connectivity index (χ1) is 13.4. The minimum atomic E-state index is -0.114. The van der Waals surface area contributed by atoms with Crippen LogP contribution in [0.2, 0.25) is 5.02 Å². The SMILES string of the molecule is Cc1nc(C)c(C(=O)N(Cc2ccccn2)c2nc3c(C)cc(Cl)cc3s2)s1. The Morgan fingerprint density at radius 3 is 2.64 bits per heavy atom. The van der Waals surface area contributed by atoms with Crippen LogP contribution in [0.15, 0.2) is 36.5 Å². The van der Waals surface area contributed by atoms with E-state index < -0.39 is 0 Å². The number of hydrogen-bond donors (Lipinski definition) is 0. The highest BCUT2D eigenvalue weighted by Crippen LogP contribution is 2.35. The molecule has 1 amide bonds. The van der Waals surface area contributed by atoms with Gasteiger partial charge in [0.1, 0.15) is 4.88 Å². The van der Waals surface area contributed by atoms with E-state index in [0.29, 0.717) is 21.6 Å². The fourth-order valence-electron chi connectivity index (χ4n) is 2.99. The fourth-order valence-corrected chi connectivity index (χ4v) is 5.28. The summed E-state index contributed by atoms with van der Waals surface area (Å²) in [6.07, 6.45) is 1.72. The number of carbonyl (C=O) groups is 1. The van der Waals surface area contributed by atoms with Gasteiger partial charge in [0.05, 0.1) is 33.2 Å². The van der Waals surface area contributed by atoms with Crippen LogP contribution in [0.3, 0.4) is 0 Å². The third-order valence-corrected chi connectivity index (χ3v) is 6.56. The quantitative estimate of drug-likeness (QED) is 0.426. The molecule has 0 spiro atoms. The molecule has 1 aromatic carbocycles. The number of fused-ring (bicyclic) bond motifs is 1. The molecule has 0 aliphatic carbocycles. The first kappa shape index (κ1) is 19.0. The molecule has 8 heteroatoms. The fraction of sp³-hybridized carbons (Fsp3) is 0.200. The van der Waals surface area contributed by atoms with Crippen LogP contribution in [-0.4, -0.2) is 20.9 Å². The molecule has 3 aromatic heterocycles. The Balaban J connectivity index is 1.82. The van der Waals surface area contributed by atoms with Crippen LogP contribution >= 0.6 is 34.3 Å². The number of pyridine rings is 1. The minimum absolute atomic E-state index is 0.114. The van der Waals surface area contributed by atoms with Gasteiger partial charge in [-0.2, -0.15) is 0 Å². The van der Waals surface area contributed by atoms with Crippen LogP contribution < -0.4 is 4.90 Å². The van der Waals surface area contributed by atoms with Crippen molar-refractivity contribution >= 4 is 55.5 Å². The standard InChI is InChI=1S/C20H17ClN4OS2/c1-11-8-14(21)9-16-17(11)24-20(28-16)25(10-15-6-4-5-7-22-15)19(26)18-12(2)23-13(3)27-18/h4-9H,10H2,1-3H3. The number of benzene rings is 1. The number of aromatic nitrogens is 3. The van der Waals surface area contributed by atoms with Gasteiger partial charge in [0.25, 0.3) is 5.91 Å². The van der Waals surface area contributed by atoms with E-state index in [9.17, 15) is 4.79 Å². The maximum absolute atomic E-state index is 13.4. The molecule has 0 saturated carbocycles. The topological polar surface area (TPSA) is 59.0 Å². The van der Waals surface area contributed by atoms with Crippen LogP contribution in [-0.2, 0) is 6.54 Å². The highest BCUT2D eigenvalue weighted by Gasteiger charge is 2.26. The Hall–Kier alpha value is -2.35. The van der Waals surface area contributed by atoms with Crippen molar-refractivity contribution < 1.29 is 4.79 Å². The Morgan fingerprint density at radius 2 is 1.96 bits per heavy atom. The molecular weight excluding hydrogens is 412 g/mol. The summed E-state index contributed by atoms with van der Waals surface area (Å²) in [5, 5.41) is 2.16. The van der Waals surface area contributed by atoms with Crippen molar-refractivity contribution in [2.24, 2.45) is 0 Å². The van der Waals surface area contributed by atoms with Gasteiger partial charge < -0.3 is 0 Å². The van der Waals surface area contributed by atoms with Crippen molar-refractivity contribution in [1.82, 2.24) is 15.0 Å². The molecule has 3 heterocycles.